The zero-order chi connectivity index (χ0) is 27.9. The molecule has 0 saturated heterocycles. The molecule has 0 radical (unpaired) electrons. The van der Waals surface area contributed by atoms with E-state index in [0.717, 1.165) is 48.7 Å². The molecule has 1 fully saturated rings. The summed E-state index contributed by atoms with van der Waals surface area (Å²) in [6, 6.07) is 9.57. The monoisotopic (exact) mass is 548 g/mol. The lowest BCUT2D eigenvalue weighted by molar-refractivity contribution is -0.384. The maximum Gasteiger partial charge on any atom is 0.271 e. The predicted octanol–water partition coefficient (Wildman–Crippen LogP) is 3.76. The van der Waals surface area contributed by atoms with Gasteiger partial charge in [-0.2, -0.15) is 0 Å². The van der Waals surface area contributed by atoms with Crippen molar-refractivity contribution in [2.45, 2.75) is 64.1 Å². The van der Waals surface area contributed by atoms with E-state index >= 15 is 0 Å². The molecular weight excluding hydrogens is 515 g/mol. The first-order valence-electron chi connectivity index (χ1n) is 12.6. The summed E-state index contributed by atoms with van der Waals surface area (Å²) < 4.78 is 39.6. The fourth-order valence-corrected chi connectivity index (χ4v) is 5.47. The summed E-state index contributed by atoms with van der Waals surface area (Å²) in [5.41, 5.74) is 0.187. The van der Waals surface area contributed by atoms with Gasteiger partial charge in [-0.1, -0.05) is 44.4 Å². The molecule has 3 rings (SSSR count). The minimum absolute atomic E-state index is 0.00505. The van der Waals surface area contributed by atoms with E-state index in [2.05, 4.69) is 5.32 Å². The van der Waals surface area contributed by atoms with Crippen LogP contribution in [0.3, 0.4) is 0 Å². The Kier molecular flexibility index (Phi) is 9.78. The lowest BCUT2D eigenvalue weighted by Gasteiger charge is -2.34. The quantitative estimate of drug-likeness (QED) is 0.336. The Labute approximate surface area is 222 Å². The minimum Gasteiger partial charge on any atom is -0.352 e. The molecule has 2 aromatic rings. The van der Waals surface area contributed by atoms with Gasteiger partial charge in [-0.05, 0) is 43.0 Å². The van der Waals surface area contributed by atoms with Crippen molar-refractivity contribution in [3.05, 3.63) is 70.0 Å². The molecule has 1 saturated carbocycles. The minimum atomic E-state index is -4.03. The lowest BCUT2D eigenvalue weighted by Crippen LogP contribution is -2.53. The van der Waals surface area contributed by atoms with Gasteiger partial charge >= 0.3 is 0 Å². The van der Waals surface area contributed by atoms with Crippen molar-refractivity contribution < 1.29 is 27.3 Å². The normalized spacial score (nSPS) is 14.9. The van der Waals surface area contributed by atoms with E-state index in [1.165, 1.54) is 47.4 Å². The summed E-state index contributed by atoms with van der Waals surface area (Å²) in [6.45, 7) is 1.03. The number of amides is 2. The number of nitro groups is 1. The van der Waals surface area contributed by atoms with Crippen molar-refractivity contribution in [2.24, 2.45) is 0 Å². The van der Waals surface area contributed by atoms with E-state index in [0.29, 0.717) is 5.56 Å². The Bertz CT molecular complexity index is 1250. The maximum atomic E-state index is 13.7. The Morgan fingerprint density at radius 3 is 2.37 bits per heavy atom. The van der Waals surface area contributed by atoms with Crippen molar-refractivity contribution in [1.82, 2.24) is 10.2 Å². The Morgan fingerprint density at radius 1 is 1.13 bits per heavy atom. The highest BCUT2D eigenvalue weighted by molar-refractivity contribution is 7.92. The van der Waals surface area contributed by atoms with Crippen LogP contribution in [0.15, 0.2) is 48.5 Å². The smallest absolute Gasteiger partial charge is 0.271 e. The number of hydrogen-bond acceptors (Lipinski definition) is 6. The largest absolute Gasteiger partial charge is 0.352 e. The second-order valence-electron chi connectivity index (χ2n) is 9.46. The second-order valence-corrected chi connectivity index (χ2v) is 11.4. The van der Waals surface area contributed by atoms with Crippen LogP contribution < -0.4 is 9.62 Å². The molecule has 10 nitrogen and oxygen atoms in total. The van der Waals surface area contributed by atoms with Gasteiger partial charge in [0.15, 0.2) is 0 Å². The maximum absolute atomic E-state index is 13.7. The van der Waals surface area contributed by atoms with Gasteiger partial charge in [0.2, 0.25) is 21.8 Å². The van der Waals surface area contributed by atoms with Crippen molar-refractivity contribution in [3.8, 4) is 0 Å². The molecular formula is C26H33FN4O6S. The van der Waals surface area contributed by atoms with Crippen LogP contribution in [0.1, 0.15) is 51.0 Å². The highest BCUT2D eigenvalue weighted by Crippen LogP contribution is 2.24. The standard InChI is InChI=1S/C26H33FN4O6S/c1-3-24(26(33)28-21-8-5-4-6-9-21)29(17-19-12-14-20(27)15-13-19)25(32)18-30(38(2,36)37)22-10-7-11-23(16-22)31(34)35/h7,10-16,21,24H,3-6,8-9,17-18H2,1-2H3,(H,28,33). The van der Waals surface area contributed by atoms with Crippen LogP contribution in [0.5, 0.6) is 0 Å². The molecule has 206 valence electrons. The number of non-ortho nitro benzene ring substituents is 1. The molecule has 1 N–H and O–H groups in total. The molecule has 0 aliphatic heterocycles. The third kappa shape index (κ3) is 7.73. The zero-order valence-electron chi connectivity index (χ0n) is 21.5. The molecule has 0 spiro atoms. The highest BCUT2D eigenvalue weighted by atomic mass is 32.2. The molecule has 12 heteroatoms. The predicted molar refractivity (Wildman–Crippen MR) is 141 cm³/mol. The van der Waals surface area contributed by atoms with Crippen LogP contribution in [0, 0.1) is 15.9 Å². The number of carbonyl (C=O) groups is 2. The van der Waals surface area contributed by atoms with E-state index in [4.69, 9.17) is 0 Å². The third-order valence-corrected chi connectivity index (χ3v) is 7.75. The molecule has 1 unspecified atom stereocenters. The van der Waals surface area contributed by atoms with Crippen LogP contribution in [0.2, 0.25) is 0 Å². The summed E-state index contributed by atoms with van der Waals surface area (Å²) in [4.78, 5) is 38.9. The number of sulfonamides is 1. The number of hydrogen-bond donors (Lipinski definition) is 1. The molecule has 0 bridgehead atoms. The van der Waals surface area contributed by atoms with Crippen LogP contribution >= 0.6 is 0 Å². The number of nitrogens with one attached hydrogen (secondary N) is 1. The van der Waals surface area contributed by atoms with E-state index in [1.807, 2.05) is 0 Å². The van der Waals surface area contributed by atoms with Gasteiger partial charge in [0.05, 0.1) is 16.9 Å². The van der Waals surface area contributed by atoms with Crippen molar-refractivity contribution in [3.63, 3.8) is 0 Å². The number of carbonyl (C=O) groups excluding carboxylic acids is 2. The van der Waals surface area contributed by atoms with Crippen molar-refractivity contribution in [2.75, 3.05) is 17.1 Å². The molecule has 2 aromatic carbocycles. The van der Waals surface area contributed by atoms with Gasteiger partial charge < -0.3 is 10.2 Å². The fourth-order valence-electron chi connectivity index (χ4n) is 4.63. The molecule has 38 heavy (non-hydrogen) atoms. The number of nitrogens with zero attached hydrogens (tertiary/aromatic N) is 3. The highest BCUT2D eigenvalue weighted by Gasteiger charge is 2.33. The number of benzene rings is 2. The number of nitro benzene ring substituents is 1. The summed E-state index contributed by atoms with van der Waals surface area (Å²) >= 11 is 0. The van der Waals surface area contributed by atoms with Gasteiger partial charge in [-0.25, -0.2) is 12.8 Å². The van der Waals surface area contributed by atoms with Crippen LogP contribution in [-0.4, -0.2) is 54.9 Å². The number of halogens is 1. The zero-order valence-corrected chi connectivity index (χ0v) is 22.3. The molecule has 1 atom stereocenters. The van der Waals surface area contributed by atoms with Gasteiger partial charge in [-0.15, -0.1) is 0 Å². The van der Waals surface area contributed by atoms with Gasteiger partial charge in [-0.3, -0.25) is 24.0 Å². The van der Waals surface area contributed by atoms with Crippen molar-refractivity contribution in [1.29, 1.82) is 0 Å². The average Bonchev–Trinajstić information content (AvgIpc) is 2.88. The molecule has 2 amide bonds. The van der Waals surface area contributed by atoms with E-state index < -0.39 is 39.3 Å². The molecule has 1 aliphatic carbocycles. The third-order valence-electron chi connectivity index (χ3n) is 6.61. The Balaban J connectivity index is 1.93. The Morgan fingerprint density at radius 2 is 1.79 bits per heavy atom. The molecule has 0 aromatic heterocycles. The van der Waals surface area contributed by atoms with Crippen LogP contribution in [-0.2, 0) is 26.2 Å². The van der Waals surface area contributed by atoms with Gasteiger partial charge in [0.1, 0.15) is 18.4 Å². The van der Waals surface area contributed by atoms with Crippen LogP contribution in [0.4, 0.5) is 15.8 Å². The van der Waals surface area contributed by atoms with E-state index in [-0.39, 0.29) is 36.3 Å². The first kappa shape index (κ1) is 29.0. The number of anilines is 1. The van der Waals surface area contributed by atoms with Crippen molar-refractivity contribution >= 4 is 33.2 Å². The first-order valence-corrected chi connectivity index (χ1v) is 14.4. The van der Waals surface area contributed by atoms with E-state index in [1.54, 1.807) is 6.92 Å². The van der Waals surface area contributed by atoms with E-state index in [9.17, 15) is 32.5 Å². The number of rotatable bonds is 11. The Hall–Kier alpha value is -3.54. The van der Waals surface area contributed by atoms with Gasteiger partial charge in [0.25, 0.3) is 5.69 Å². The summed E-state index contributed by atoms with van der Waals surface area (Å²) in [5, 5.41) is 14.3. The fraction of sp³-hybridized carbons (Fsp3) is 0.462. The van der Waals surface area contributed by atoms with Crippen LogP contribution in [0.25, 0.3) is 0 Å². The second kappa shape index (κ2) is 12.8. The topological polar surface area (TPSA) is 130 Å². The SMILES string of the molecule is CCC(C(=O)NC1CCCCC1)N(Cc1ccc(F)cc1)C(=O)CN(c1cccc([N+](=O)[O-])c1)S(C)(=O)=O. The summed E-state index contributed by atoms with van der Waals surface area (Å²) in [7, 11) is -4.03. The summed E-state index contributed by atoms with van der Waals surface area (Å²) in [6.07, 6.45) is 5.99. The lowest BCUT2D eigenvalue weighted by atomic mass is 9.95. The molecule has 0 heterocycles. The average molecular weight is 549 g/mol. The first-order chi connectivity index (χ1) is 18.0. The van der Waals surface area contributed by atoms with Gasteiger partial charge in [0, 0.05) is 24.7 Å². The molecule has 1 aliphatic rings. The summed E-state index contributed by atoms with van der Waals surface area (Å²) in [5.74, 6) is -1.46.